The summed E-state index contributed by atoms with van der Waals surface area (Å²) in [5, 5.41) is 11.9. The van der Waals surface area contributed by atoms with Crippen molar-refractivity contribution in [3.8, 4) is 22.3 Å². The van der Waals surface area contributed by atoms with Crippen LogP contribution in [0.5, 0.6) is 0 Å². The van der Waals surface area contributed by atoms with Gasteiger partial charge in [0.05, 0.1) is 17.1 Å². The number of hydrogen-bond donors (Lipinski definition) is 1. The molecule has 2 heterocycles. The summed E-state index contributed by atoms with van der Waals surface area (Å²) in [6, 6.07) is 32.4. The van der Waals surface area contributed by atoms with Gasteiger partial charge >= 0.3 is 0 Å². The van der Waals surface area contributed by atoms with Crippen LogP contribution in [0.3, 0.4) is 0 Å². The summed E-state index contributed by atoms with van der Waals surface area (Å²) in [5.41, 5.74) is 6.92. The van der Waals surface area contributed by atoms with Crippen molar-refractivity contribution in [2.75, 3.05) is 10.2 Å². The summed E-state index contributed by atoms with van der Waals surface area (Å²) in [6.45, 7) is 3.19. The van der Waals surface area contributed by atoms with Crippen molar-refractivity contribution in [2.45, 2.75) is 51.6 Å². The molecule has 4 aromatic carbocycles. The number of carbonyl (C=O) groups is 2. The summed E-state index contributed by atoms with van der Waals surface area (Å²) >= 11 is 17.0. The highest BCUT2D eigenvalue weighted by atomic mass is 35.5. The van der Waals surface area contributed by atoms with Crippen molar-refractivity contribution in [2.24, 2.45) is 14.1 Å². The molecule has 0 atom stereocenters. The zero-order chi connectivity index (χ0) is 39.4. The van der Waals surface area contributed by atoms with Gasteiger partial charge in [0, 0.05) is 53.0 Å². The monoisotopic (exact) mass is 837 g/mol. The van der Waals surface area contributed by atoms with Crippen LogP contribution in [0.25, 0.3) is 22.3 Å². The average molecular weight is 840 g/mol. The molecule has 0 saturated heterocycles. The smallest absolute Gasteiger partial charge is 0.265 e. The van der Waals surface area contributed by atoms with Crippen LogP contribution >= 0.6 is 34.8 Å². The lowest BCUT2D eigenvalue weighted by atomic mass is 10.0. The first kappa shape index (κ1) is 42.4. The number of benzene rings is 4. The largest absolute Gasteiger partial charge is 1.00 e. The van der Waals surface area contributed by atoms with Crippen LogP contribution in [-0.4, -0.2) is 42.8 Å². The Balaban J connectivity index is 0.000000177. The molecule has 2 aliphatic carbocycles. The zero-order valence-corrected chi connectivity index (χ0v) is 34.1. The van der Waals surface area contributed by atoms with Gasteiger partial charge in [-0.05, 0) is 98.7 Å². The first-order valence-corrected chi connectivity index (χ1v) is 18.9. The maximum absolute atomic E-state index is 14.5. The lowest BCUT2D eigenvalue weighted by molar-refractivity contribution is -0.0000274. The van der Waals surface area contributed by atoms with E-state index >= 15 is 0 Å². The molecule has 14 heteroatoms. The first-order valence-electron chi connectivity index (χ1n) is 17.7. The Morgan fingerprint density at radius 2 is 1.16 bits per heavy atom. The molecule has 292 valence electrons. The number of amides is 1. The average Bonchev–Trinajstić information content (AvgIpc) is 4.10. The molecule has 8 nitrogen and oxygen atoms in total. The molecule has 2 aromatic heterocycles. The second-order valence-corrected chi connectivity index (χ2v) is 14.6. The fourth-order valence-corrected chi connectivity index (χ4v) is 6.61. The van der Waals surface area contributed by atoms with E-state index in [1.54, 1.807) is 11.8 Å². The van der Waals surface area contributed by atoms with E-state index in [0.29, 0.717) is 22.5 Å². The van der Waals surface area contributed by atoms with Crippen molar-refractivity contribution >= 4 is 57.3 Å². The van der Waals surface area contributed by atoms with Crippen LogP contribution in [-0.2, 0) is 14.1 Å². The molecule has 56 heavy (non-hydrogen) atoms. The Hall–Kier alpha value is -4.74. The lowest BCUT2D eigenvalue weighted by Gasteiger charge is -2.25. The SMILES string of the molecule is Cc1nn(C)c(F)c1C(=O)Cl.Cc1nn(C)c(F)c1C(=O)N(c1ccccc1-c1ccc(Cl)cc1)C1CC1.Clc1ccc(-c2ccccc2NC2CC2)cc1.[Cl-]. The molecular weight excluding hydrogens is 800 g/mol. The number of aromatic nitrogens is 4. The zero-order valence-electron chi connectivity index (χ0n) is 31.0. The molecule has 2 fully saturated rings. The van der Waals surface area contributed by atoms with Crippen LogP contribution in [0, 0.1) is 25.7 Å². The van der Waals surface area contributed by atoms with Gasteiger partial charge in [0.25, 0.3) is 11.1 Å². The summed E-state index contributed by atoms with van der Waals surface area (Å²) < 4.78 is 29.5. The number of carbonyl (C=O) groups excluding carboxylic acids is 2. The predicted molar refractivity (Wildman–Crippen MR) is 216 cm³/mol. The number of anilines is 2. The third kappa shape index (κ3) is 9.97. The summed E-state index contributed by atoms with van der Waals surface area (Å²) in [5.74, 6) is -1.64. The van der Waals surface area contributed by atoms with Gasteiger partial charge < -0.3 is 22.6 Å². The Morgan fingerprint density at radius 1 is 0.696 bits per heavy atom. The number of para-hydroxylation sites is 2. The Labute approximate surface area is 345 Å². The third-order valence-corrected chi connectivity index (χ3v) is 9.88. The molecule has 0 radical (unpaired) electrons. The molecule has 8 rings (SSSR count). The van der Waals surface area contributed by atoms with E-state index in [4.69, 9.17) is 34.8 Å². The molecular formula is C42H39Cl4F2N6O2-. The second-order valence-electron chi connectivity index (χ2n) is 13.4. The summed E-state index contributed by atoms with van der Waals surface area (Å²) in [7, 11) is 2.91. The molecule has 6 aromatic rings. The van der Waals surface area contributed by atoms with Crippen LogP contribution in [0.1, 0.15) is 57.8 Å². The second kappa shape index (κ2) is 18.5. The van der Waals surface area contributed by atoms with Gasteiger partial charge in [-0.2, -0.15) is 19.0 Å². The normalized spacial score (nSPS) is 13.0. The Kier molecular flexibility index (Phi) is 14.0. The highest BCUT2D eigenvalue weighted by Crippen LogP contribution is 2.40. The minimum absolute atomic E-state index is 0. The van der Waals surface area contributed by atoms with E-state index in [2.05, 4.69) is 51.9 Å². The summed E-state index contributed by atoms with van der Waals surface area (Å²) in [4.78, 5) is 25.6. The van der Waals surface area contributed by atoms with Crippen molar-refractivity contribution < 1.29 is 30.8 Å². The number of hydrogen-bond acceptors (Lipinski definition) is 5. The van der Waals surface area contributed by atoms with Crippen LogP contribution in [0.15, 0.2) is 97.1 Å². The number of nitrogens with zero attached hydrogens (tertiary/aromatic N) is 5. The van der Waals surface area contributed by atoms with Gasteiger partial charge in [0.2, 0.25) is 11.9 Å². The van der Waals surface area contributed by atoms with Crippen LogP contribution < -0.4 is 22.6 Å². The van der Waals surface area contributed by atoms with E-state index < -0.39 is 17.1 Å². The van der Waals surface area contributed by atoms with Gasteiger partial charge in [-0.25, -0.2) is 9.36 Å². The van der Waals surface area contributed by atoms with Crippen molar-refractivity contribution in [1.82, 2.24) is 19.6 Å². The van der Waals surface area contributed by atoms with E-state index in [1.807, 2.05) is 60.7 Å². The number of rotatable bonds is 8. The molecule has 0 unspecified atom stereocenters. The topological polar surface area (TPSA) is 85.0 Å². The Morgan fingerprint density at radius 3 is 1.61 bits per heavy atom. The standard InChI is InChI=1S/C21H19ClFN3O.C15H14ClN.C6H6ClFN2O.ClH/c1-13-19(20(23)25(2)24-13)21(27)26(16-11-12-16)18-6-4-3-5-17(18)14-7-9-15(22)10-8-14;16-12-7-5-11(6-8-12)14-3-1-2-4-15(14)17-13-9-10-13;1-3-4(5(7)11)6(8)10(2)9-3;/h3-10,16H,11-12H2,1-2H3;1-8,13,17H,9-10H2;1-2H3;1H/p-1. The molecule has 1 N–H and O–H groups in total. The first-order chi connectivity index (χ1) is 26.3. The summed E-state index contributed by atoms with van der Waals surface area (Å²) in [6.07, 6.45) is 4.38. The van der Waals surface area contributed by atoms with Gasteiger partial charge in [-0.3, -0.25) is 9.59 Å². The van der Waals surface area contributed by atoms with E-state index in [9.17, 15) is 18.4 Å². The van der Waals surface area contributed by atoms with Crippen molar-refractivity contribution in [3.05, 3.63) is 142 Å². The fourth-order valence-electron chi connectivity index (χ4n) is 6.15. The maximum Gasteiger partial charge on any atom is 0.265 e. The van der Waals surface area contributed by atoms with Gasteiger partial charge in [0.15, 0.2) is 0 Å². The highest BCUT2D eigenvalue weighted by molar-refractivity contribution is 6.67. The fraction of sp³-hybridized carbons (Fsp3) is 0.238. The molecule has 0 aliphatic heterocycles. The van der Waals surface area contributed by atoms with E-state index in [-0.39, 0.29) is 35.5 Å². The minimum atomic E-state index is -0.812. The quantitative estimate of drug-likeness (QED) is 0.158. The van der Waals surface area contributed by atoms with Crippen molar-refractivity contribution in [1.29, 1.82) is 0 Å². The van der Waals surface area contributed by atoms with Crippen molar-refractivity contribution in [3.63, 3.8) is 0 Å². The molecule has 0 bridgehead atoms. The number of aryl methyl sites for hydroxylation is 4. The van der Waals surface area contributed by atoms with Gasteiger partial charge in [-0.1, -0.05) is 83.9 Å². The number of halogens is 6. The number of nitrogens with one attached hydrogen (secondary N) is 1. The van der Waals surface area contributed by atoms with E-state index in [0.717, 1.165) is 44.0 Å². The lowest BCUT2D eigenvalue weighted by Crippen LogP contribution is -3.00. The molecule has 2 saturated carbocycles. The van der Waals surface area contributed by atoms with Crippen LogP contribution in [0.2, 0.25) is 10.0 Å². The molecule has 0 spiro atoms. The maximum atomic E-state index is 14.5. The third-order valence-electron chi connectivity index (χ3n) is 9.18. The van der Waals surface area contributed by atoms with E-state index in [1.165, 1.54) is 50.7 Å². The van der Waals surface area contributed by atoms with Gasteiger partial charge in [0.1, 0.15) is 11.1 Å². The Bertz CT molecular complexity index is 2320. The highest BCUT2D eigenvalue weighted by Gasteiger charge is 2.38. The molecule has 2 aliphatic rings. The van der Waals surface area contributed by atoms with Crippen LogP contribution in [0.4, 0.5) is 20.2 Å². The minimum Gasteiger partial charge on any atom is -1.00 e. The molecule has 1 amide bonds. The predicted octanol–water partition coefficient (Wildman–Crippen LogP) is 7.83. The van der Waals surface area contributed by atoms with Gasteiger partial charge in [-0.15, -0.1) is 0 Å².